The molecule has 0 aromatic heterocycles. The van der Waals surface area contributed by atoms with Crippen molar-refractivity contribution in [3.63, 3.8) is 0 Å². The monoisotopic (exact) mass is 204 g/mol. The Kier molecular flexibility index (Phi) is 3.47. The summed E-state index contributed by atoms with van der Waals surface area (Å²) in [5.74, 6) is -6.57. The molecule has 0 saturated carbocycles. The van der Waals surface area contributed by atoms with Crippen LogP contribution >= 0.6 is 0 Å². The minimum absolute atomic E-state index is 0.753. The van der Waals surface area contributed by atoms with Crippen molar-refractivity contribution in [2.75, 3.05) is 0 Å². The maximum atomic E-state index is 10.7. The van der Waals surface area contributed by atoms with E-state index in [-0.39, 0.29) is 0 Å². The molecular formula is C7H8O7. The zero-order valence-electron chi connectivity index (χ0n) is 7.18. The summed E-state index contributed by atoms with van der Waals surface area (Å²) in [7, 11) is 0. The molecule has 0 rings (SSSR count). The minimum Gasteiger partial charge on any atom is -0.479 e. The first-order valence-corrected chi connectivity index (χ1v) is 3.44. The molecule has 0 aliphatic heterocycles. The summed E-state index contributed by atoms with van der Waals surface area (Å²) in [6, 6.07) is 0. The maximum Gasteiger partial charge on any atom is 0.372 e. The fourth-order valence-corrected chi connectivity index (χ4v) is 0.659. The topological polar surface area (TPSA) is 129 Å². The summed E-state index contributed by atoms with van der Waals surface area (Å²) in [6.45, 7) is 0.753. The van der Waals surface area contributed by atoms with E-state index >= 15 is 0 Å². The number of carbonyl (C=O) groups excluding carboxylic acids is 2. The highest BCUT2D eigenvalue weighted by Gasteiger charge is 2.44. The highest BCUT2D eigenvalue weighted by molar-refractivity contribution is 6.34. The van der Waals surface area contributed by atoms with Crippen molar-refractivity contribution < 1.29 is 34.5 Å². The van der Waals surface area contributed by atoms with Crippen LogP contribution in [0.1, 0.15) is 13.3 Å². The zero-order chi connectivity index (χ0) is 11.5. The second-order valence-corrected chi connectivity index (χ2v) is 2.63. The average Bonchev–Trinajstić information content (AvgIpc) is 2.02. The van der Waals surface area contributed by atoms with Crippen LogP contribution in [0.3, 0.4) is 0 Å². The van der Waals surface area contributed by atoms with Crippen molar-refractivity contribution in [2.24, 2.45) is 0 Å². The third-order valence-corrected chi connectivity index (χ3v) is 1.59. The Labute approximate surface area is 78.0 Å². The third kappa shape index (κ3) is 2.36. The molecule has 7 heteroatoms. The summed E-state index contributed by atoms with van der Waals surface area (Å²) >= 11 is 0. The molecule has 1 unspecified atom stereocenters. The molecule has 7 nitrogen and oxygen atoms in total. The molecule has 1 atom stereocenters. The molecular weight excluding hydrogens is 196 g/mol. The van der Waals surface area contributed by atoms with Gasteiger partial charge >= 0.3 is 11.9 Å². The number of aliphatic hydroxyl groups is 1. The van der Waals surface area contributed by atoms with Gasteiger partial charge in [-0.15, -0.1) is 0 Å². The average molecular weight is 204 g/mol. The molecule has 0 aromatic rings. The van der Waals surface area contributed by atoms with Crippen molar-refractivity contribution in [1.29, 1.82) is 0 Å². The van der Waals surface area contributed by atoms with E-state index in [9.17, 15) is 19.2 Å². The fraction of sp³-hybridized carbons (Fsp3) is 0.429. The van der Waals surface area contributed by atoms with Gasteiger partial charge in [0.15, 0.2) is 5.78 Å². The highest BCUT2D eigenvalue weighted by atomic mass is 16.4. The predicted octanol–water partition coefficient (Wildman–Crippen LogP) is -1.57. The van der Waals surface area contributed by atoms with Gasteiger partial charge in [-0.2, -0.15) is 0 Å². The van der Waals surface area contributed by atoms with E-state index in [2.05, 4.69) is 0 Å². The van der Waals surface area contributed by atoms with Crippen LogP contribution in [0.25, 0.3) is 0 Å². The lowest BCUT2D eigenvalue weighted by molar-refractivity contribution is -0.168. The summed E-state index contributed by atoms with van der Waals surface area (Å²) in [6.07, 6.45) is -1.27. The van der Waals surface area contributed by atoms with Gasteiger partial charge < -0.3 is 15.3 Å². The van der Waals surface area contributed by atoms with Crippen LogP contribution in [0, 0.1) is 0 Å². The van der Waals surface area contributed by atoms with Gasteiger partial charge in [0.25, 0.3) is 0 Å². The zero-order valence-corrected chi connectivity index (χ0v) is 7.18. The van der Waals surface area contributed by atoms with E-state index in [0.717, 1.165) is 6.92 Å². The second kappa shape index (κ2) is 3.97. The van der Waals surface area contributed by atoms with Gasteiger partial charge in [-0.3, -0.25) is 9.59 Å². The van der Waals surface area contributed by atoms with Crippen LogP contribution in [0.4, 0.5) is 0 Å². The molecule has 3 N–H and O–H groups in total. The van der Waals surface area contributed by atoms with Gasteiger partial charge in [0.05, 0.1) is 6.42 Å². The molecule has 0 heterocycles. The van der Waals surface area contributed by atoms with Crippen molar-refractivity contribution in [2.45, 2.75) is 18.9 Å². The third-order valence-electron chi connectivity index (χ3n) is 1.59. The van der Waals surface area contributed by atoms with Gasteiger partial charge in [-0.25, -0.2) is 9.59 Å². The molecule has 0 fully saturated rings. The predicted molar refractivity (Wildman–Crippen MR) is 40.5 cm³/mol. The van der Waals surface area contributed by atoms with Crippen LogP contribution < -0.4 is 0 Å². The second-order valence-electron chi connectivity index (χ2n) is 2.63. The Morgan fingerprint density at radius 2 is 1.57 bits per heavy atom. The largest absolute Gasteiger partial charge is 0.479 e. The first-order chi connectivity index (χ1) is 6.21. The molecule has 0 saturated heterocycles. The molecule has 0 spiro atoms. The van der Waals surface area contributed by atoms with Crippen LogP contribution in [-0.4, -0.2) is 44.4 Å². The van der Waals surface area contributed by atoms with Crippen molar-refractivity contribution in [3.05, 3.63) is 0 Å². The Morgan fingerprint density at radius 1 is 1.14 bits per heavy atom. The first kappa shape index (κ1) is 12.2. The van der Waals surface area contributed by atoms with Gasteiger partial charge in [0.2, 0.25) is 11.4 Å². The van der Waals surface area contributed by atoms with E-state index in [1.165, 1.54) is 0 Å². The standard InChI is InChI=1S/C7H8O7/c1-3(8)7(14,6(12)13)2-4(9)5(10)11/h14H,2H2,1H3,(H,10,11)(H,12,13). The lowest BCUT2D eigenvalue weighted by atomic mass is 9.93. The maximum absolute atomic E-state index is 10.7. The van der Waals surface area contributed by atoms with E-state index in [1.54, 1.807) is 0 Å². The summed E-state index contributed by atoms with van der Waals surface area (Å²) in [4.78, 5) is 41.7. The fourth-order valence-electron chi connectivity index (χ4n) is 0.659. The van der Waals surface area contributed by atoms with Gasteiger partial charge in [0, 0.05) is 0 Å². The van der Waals surface area contributed by atoms with E-state index in [4.69, 9.17) is 15.3 Å². The number of hydrogen-bond acceptors (Lipinski definition) is 5. The van der Waals surface area contributed by atoms with E-state index < -0.39 is 35.5 Å². The number of Topliss-reactive ketones (excluding diaryl/α,β-unsaturated/α-hetero) is 2. The van der Waals surface area contributed by atoms with Crippen LogP contribution in [0.15, 0.2) is 0 Å². The number of carboxylic acid groups (broad SMARTS) is 2. The van der Waals surface area contributed by atoms with Crippen LogP contribution in [0.2, 0.25) is 0 Å². The Morgan fingerprint density at radius 3 is 1.79 bits per heavy atom. The SMILES string of the molecule is CC(=O)C(O)(CC(=O)C(=O)O)C(=O)O. The van der Waals surface area contributed by atoms with Crippen LogP contribution in [-0.2, 0) is 19.2 Å². The Bertz CT molecular complexity index is 289. The first-order valence-electron chi connectivity index (χ1n) is 3.44. The molecule has 0 bridgehead atoms. The van der Waals surface area contributed by atoms with E-state index in [0.29, 0.717) is 0 Å². The van der Waals surface area contributed by atoms with Gasteiger partial charge in [-0.05, 0) is 6.92 Å². The lowest BCUT2D eigenvalue weighted by Gasteiger charge is -2.17. The molecule has 0 aliphatic carbocycles. The molecule has 0 aliphatic rings. The van der Waals surface area contributed by atoms with Crippen molar-refractivity contribution in [3.8, 4) is 0 Å². The minimum atomic E-state index is -2.95. The number of ketones is 2. The van der Waals surface area contributed by atoms with E-state index in [1.807, 2.05) is 0 Å². The number of aliphatic carboxylic acids is 2. The quantitative estimate of drug-likeness (QED) is 0.364. The number of hydrogen-bond donors (Lipinski definition) is 3. The molecule has 0 amide bonds. The summed E-state index contributed by atoms with van der Waals surface area (Å²) in [5.41, 5.74) is -2.95. The van der Waals surface area contributed by atoms with Crippen molar-refractivity contribution >= 4 is 23.5 Å². The normalized spacial score (nSPS) is 14.1. The van der Waals surface area contributed by atoms with Crippen LogP contribution in [0.5, 0.6) is 0 Å². The number of carbonyl (C=O) groups is 4. The number of carboxylic acids is 2. The Balaban J connectivity index is 4.89. The summed E-state index contributed by atoms with van der Waals surface area (Å²) in [5, 5.41) is 25.7. The van der Waals surface area contributed by atoms with Gasteiger partial charge in [0.1, 0.15) is 0 Å². The lowest BCUT2D eigenvalue weighted by Crippen LogP contribution is -2.48. The van der Waals surface area contributed by atoms with Crippen molar-refractivity contribution in [1.82, 2.24) is 0 Å². The van der Waals surface area contributed by atoms with Gasteiger partial charge in [-0.1, -0.05) is 0 Å². The summed E-state index contributed by atoms with van der Waals surface area (Å²) < 4.78 is 0. The highest BCUT2D eigenvalue weighted by Crippen LogP contribution is 2.12. The smallest absolute Gasteiger partial charge is 0.372 e. The molecule has 0 aromatic carbocycles. The molecule has 0 radical (unpaired) electrons. The Hall–Kier alpha value is -1.76. The number of rotatable bonds is 5. The molecule has 14 heavy (non-hydrogen) atoms. The molecule has 78 valence electrons.